The first kappa shape index (κ1) is 22.3. The van der Waals surface area contributed by atoms with Gasteiger partial charge in [-0.3, -0.25) is 0 Å². The van der Waals surface area contributed by atoms with E-state index < -0.39 is 0 Å². The van der Waals surface area contributed by atoms with E-state index in [9.17, 15) is 0 Å². The Hall–Kier alpha value is -2.41. The van der Waals surface area contributed by atoms with Crippen LogP contribution in [0.3, 0.4) is 0 Å². The molecule has 0 aliphatic carbocycles. The Bertz CT molecular complexity index is 850. The van der Waals surface area contributed by atoms with E-state index in [4.69, 9.17) is 21.3 Å². The molecule has 2 N–H and O–H groups in total. The SMILES string of the molecule is CCNC(=NCc1nccn1CC(C)C)NC1CCN(c2cc(Cl)ccc2OC)C1. The first-order valence-corrected chi connectivity index (χ1v) is 11.0. The van der Waals surface area contributed by atoms with E-state index in [0.717, 1.165) is 55.8 Å². The number of guanidine groups is 1. The summed E-state index contributed by atoms with van der Waals surface area (Å²) in [5.41, 5.74) is 1.03. The van der Waals surface area contributed by atoms with Crippen molar-refractivity contribution >= 4 is 23.2 Å². The number of aromatic nitrogens is 2. The van der Waals surface area contributed by atoms with E-state index in [-0.39, 0.29) is 0 Å². The largest absolute Gasteiger partial charge is 0.495 e. The number of nitrogens with zero attached hydrogens (tertiary/aromatic N) is 4. The average Bonchev–Trinajstić information content (AvgIpc) is 3.35. The maximum Gasteiger partial charge on any atom is 0.191 e. The molecule has 1 aliphatic heterocycles. The lowest BCUT2D eigenvalue weighted by Gasteiger charge is -2.22. The summed E-state index contributed by atoms with van der Waals surface area (Å²) in [6.45, 7) is 10.6. The Labute approximate surface area is 184 Å². The Balaban J connectivity index is 1.64. The van der Waals surface area contributed by atoms with E-state index in [0.29, 0.717) is 23.5 Å². The summed E-state index contributed by atoms with van der Waals surface area (Å²) in [4.78, 5) is 11.6. The van der Waals surface area contributed by atoms with Crippen molar-refractivity contribution in [2.75, 3.05) is 31.6 Å². The van der Waals surface area contributed by atoms with Gasteiger partial charge in [-0.2, -0.15) is 0 Å². The molecule has 0 bridgehead atoms. The predicted molar refractivity (Wildman–Crippen MR) is 124 cm³/mol. The van der Waals surface area contributed by atoms with E-state index >= 15 is 0 Å². The number of aliphatic imine (C=N–C) groups is 1. The molecule has 1 saturated heterocycles. The summed E-state index contributed by atoms with van der Waals surface area (Å²) in [6.07, 6.45) is 4.89. The van der Waals surface area contributed by atoms with Crippen LogP contribution in [0.5, 0.6) is 5.75 Å². The van der Waals surface area contributed by atoms with Crippen LogP contribution < -0.4 is 20.3 Å². The fourth-order valence-corrected chi connectivity index (χ4v) is 3.89. The van der Waals surface area contributed by atoms with E-state index in [1.54, 1.807) is 7.11 Å². The van der Waals surface area contributed by atoms with Crippen molar-refractivity contribution in [2.45, 2.75) is 46.3 Å². The highest BCUT2D eigenvalue weighted by Crippen LogP contribution is 2.33. The van der Waals surface area contributed by atoms with Gasteiger partial charge >= 0.3 is 0 Å². The molecule has 1 fully saturated rings. The van der Waals surface area contributed by atoms with E-state index in [1.165, 1.54) is 0 Å². The summed E-state index contributed by atoms with van der Waals surface area (Å²) < 4.78 is 7.70. The van der Waals surface area contributed by atoms with Crippen molar-refractivity contribution < 1.29 is 4.74 Å². The minimum absolute atomic E-state index is 0.293. The molecule has 8 heteroatoms. The van der Waals surface area contributed by atoms with Gasteiger partial charge in [0.05, 0.1) is 12.8 Å². The number of rotatable bonds is 8. The number of nitrogens with one attached hydrogen (secondary N) is 2. The molecule has 0 spiro atoms. The Morgan fingerprint density at radius 2 is 2.23 bits per heavy atom. The molecular formula is C22H33ClN6O. The zero-order chi connectivity index (χ0) is 21.5. The maximum atomic E-state index is 6.21. The zero-order valence-corrected chi connectivity index (χ0v) is 19.1. The molecule has 0 radical (unpaired) electrons. The fourth-order valence-electron chi connectivity index (χ4n) is 3.72. The van der Waals surface area contributed by atoms with E-state index in [1.807, 2.05) is 30.6 Å². The third kappa shape index (κ3) is 5.81. The summed E-state index contributed by atoms with van der Waals surface area (Å²) in [5, 5.41) is 7.65. The van der Waals surface area contributed by atoms with Crippen LogP contribution in [-0.2, 0) is 13.1 Å². The van der Waals surface area contributed by atoms with Crippen molar-refractivity contribution in [2.24, 2.45) is 10.9 Å². The second-order valence-corrected chi connectivity index (χ2v) is 8.41. The lowest BCUT2D eigenvalue weighted by Crippen LogP contribution is -2.44. The first-order chi connectivity index (χ1) is 14.5. The van der Waals surface area contributed by atoms with Crippen LogP contribution in [0.1, 0.15) is 33.0 Å². The Morgan fingerprint density at radius 3 is 2.97 bits per heavy atom. The molecule has 0 amide bonds. The molecule has 164 valence electrons. The summed E-state index contributed by atoms with van der Waals surface area (Å²) in [6, 6.07) is 6.04. The van der Waals surface area contributed by atoms with Crippen LogP contribution in [-0.4, -0.2) is 48.3 Å². The molecule has 1 atom stereocenters. The molecule has 3 rings (SSSR count). The Kier molecular flexibility index (Phi) is 7.85. The van der Waals surface area contributed by atoms with Crippen molar-refractivity contribution in [1.82, 2.24) is 20.2 Å². The lowest BCUT2D eigenvalue weighted by molar-refractivity contribution is 0.415. The minimum atomic E-state index is 0.293. The quantitative estimate of drug-likeness (QED) is 0.493. The molecule has 2 aromatic rings. The summed E-state index contributed by atoms with van der Waals surface area (Å²) in [5.74, 6) is 3.22. The number of anilines is 1. The van der Waals surface area contributed by atoms with Crippen molar-refractivity contribution in [3.8, 4) is 5.75 Å². The second-order valence-electron chi connectivity index (χ2n) is 7.98. The normalized spacial score (nSPS) is 16.9. The standard InChI is InChI=1S/C22H33ClN6O/c1-5-24-22(26-13-21-25-9-11-29(21)14-16(2)3)27-18-8-10-28(15-18)19-12-17(23)6-7-20(19)30-4/h6-7,9,11-12,16,18H,5,8,10,13-15H2,1-4H3,(H2,24,26,27). The van der Waals surface area contributed by atoms with Gasteiger partial charge in [-0.15, -0.1) is 0 Å². The summed E-state index contributed by atoms with van der Waals surface area (Å²) in [7, 11) is 1.69. The van der Waals surface area contributed by atoms with Gasteiger partial charge in [0.25, 0.3) is 0 Å². The molecule has 7 nitrogen and oxygen atoms in total. The highest BCUT2D eigenvalue weighted by atomic mass is 35.5. The number of hydrogen-bond acceptors (Lipinski definition) is 4. The molecule has 1 aliphatic rings. The maximum absolute atomic E-state index is 6.21. The number of hydrogen-bond donors (Lipinski definition) is 2. The van der Waals surface area contributed by atoms with Gasteiger partial charge in [0, 0.05) is 49.6 Å². The molecule has 1 aromatic carbocycles. The topological polar surface area (TPSA) is 66.7 Å². The van der Waals surface area contributed by atoms with Crippen molar-refractivity contribution in [3.63, 3.8) is 0 Å². The monoisotopic (exact) mass is 432 g/mol. The number of imidazole rings is 1. The van der Waals surface area contributed by atoms with Crippen LogP contribution in [0.25, 0.3) is 0 Å². The predicted octanol–water partition coefficient (Wildman–Crippen LogP) is 3.54. The van der Waals surface area contributed by atoms with Crippen LogP contribution >= 0.6 is 11.6 Å². The van der Waals surface area contributed by atoms with E-state index in [2.05, 4.69) is 45.9 Å². The third-order valence-electron chi connectivity index (χ3n) is 5.10. The smallest absolute Gasteiger partial charge is 0.191 e. The van der Waals surface area contributed by atoms with Crippen LogP contribution in [0.15, 0.2) is 35.6 Å². The molecule has 1 aromatic heterocycles. The van der Waals surface area contributed by atoms with Gasteiger partial charge in [0.15, 0.2) is 5.96 Å². The Morgan fingerprint density at radius 1 is 1.40 bits per heavy atom. The van der Waals surface area contributed by atoms with Gasteiger partial charge in [-0.25, -0.2) is 9.98 Å². The van der Waals surface area contributed by atoms with Crippen molar-refractivity contribution in [3.05, 3.63) is 41.4 Å². The van der Waals surface area contributed by atoms with Gasteiger partial charge in [-0.1, -0.05) is 25.4 Å². The zero-order valence-electron chi connectivity index (χ0n) is 18.4. The van der Waals surface area contributed by atoms with Crippen LogP contribution in [0.2, 0.25) is 5.02 Å². The number of methoxy groups -OCH3 is 1. The highest BCUT2D eigenvalue weighted by Gasteiger charge is 2.25. The van der Waals surface area contributed by atoms with Crippen LogP contribution in [0.4, 0.5) is 5.69 Å². The number of benzene rings is 1. The van der Waals surface area contributed by atoms with Gasteiger partial charge in [-0.05, 0) is 37.5 Å². The lowest BCUT2D eigenvalue weighted by atomic mass is 10.2. The first-order valence-electron chi connectivity index (χ1n) is 10.6. The second kappa shape index (κ2) is 10.6. The molecule has 2 heterocycles. The summed E-state index contributed by atoms with van der Waals surface area (Å²) >= 11 is 6.21. The number of ether oxygens (including phenoxy) is 1. The molecule has 30 heavy (non-hydrogen) atoms. The molecule has 0 saturated carbocycles. The molecule has 1 unspecified atom stereocenters. The molecular weight excluding hydrogens is 400 g/mol. The van der Waals surface area contributed by atoms with Gasteiger partial charge in [0.1, 0.15) is 18.1 Å². The highest BCUT2D eigenvalue weighted by molar-refractivity contribution is 6.30. The van der Waals surface area contributed by atoms with Crippen LogP contribution in [0, 0.1) is 5.92 Å². The van der Waals surface area contributed by atoms with Gasteiger partial charge < -0.3 is 24.8 Å². The fraction of sp³-hybridized carbons (Fsp3) is 0.545. The average molecular weight is 433 g/mol. The van der Waals surface area contributed by atoms with Crippen molar-refractivity contribution in [1.29, 1.82) is 0 Å². The third-order valence-corrected chi connectivity index (χ3v) is 5.33. The number of halogens is 1. The van der Waals surface area contributed by atoms with Gasteiger partial charge in [0.2, 0.25) is 0 Å². The minimum Gasteiger partial charge on any atom is -0.495 e.